The van der Waals surface area contributed by atoms with Crippen molar-refractivity contribution in [2.75, 3.05) is 12.8 Å². The van der Waals surface area contributed by atoms with Crippen LogP contribution in [-0.2, 0) is 28.7 Å². The lowest BCUT2D eigenvalue weighted by Crippen LogP contribution is -2.37. The number of sulfone groups is 1. The van der Waals surface area contributed by atoms with E-state index in [9.17, 15) is 12.8 Å². The van der Waals surface area contributed by atoms with Crippen molar-refractivity contribution in [3.63, 3.8) is 0 Å². The van der Waals surface area contributed by atoms with Gasteiger partial charge in [0.05, 0.1) is 12.3 Å². The highest BCUT2D eigenvalue weighted by molar-refractivity contribution is 7.89. The van der Waals surface area contributed by atoms with Crippen LogP contribution in [0.25, 0.3) is 0 Å². The molecule has 0 aromatic heterocycles. The van der Waals surface area contributed by atoms with Crippen molar-refractivity contribution < 1.29 is 12.8 Å². The van der Waals surface area contributed by atoms with Gasteiger partial charge in [-0.25, -0.2) is 17.8 Å². The number of nitrogens with zero attached hydrogens (tertiary/aromatic N) is 1. The van der Waals surface area contributed by atoms with E-state index in [2.05, 4.69) is 22.5 Å². The van der Waals surface area contributed by atoms with Crippen LogP contribution >= 0.6 is 0 Å². The van der Waals surface area contributed by atoms with Crippen LogP contribution in [0.3, 0.4) is 0 Å². The summed E-state index contributed by atoms with van der Waals surface area (Å²) in [7, 11) is -3.21. The fraction of sp³-hybridized carbons (Fsp3) is 0.409. The van der Waals surface area contributed by atoms with Crippen molar-refractivity contribution >= 4 is 15.8 Å². The van der Waals surface area contributed by atoms with Gasteiger partial charge in [0.2, 0.25) is 0 Å². The van der Waals surface area contributed by atoms with Gasteiger partial charge < -0.3 is 10.6 Å². The Hall–Kier alpha value is -2.41. The lowest BCUT2D eigenvalue weighted by Gasteiger charge is -2.15. The second kappa shape index (κ2) is 11.0. The molecule has 0 amide bonds. The van der Waals surface area contributed by atoms with Crippen molar-refractivity contribution in [1.29, 1.82) is 0 Å². The number of benzene rings is 2. The van der Waals surface area contributed by atoms with E-state index in [1.54, 1.807) is 0 Å². The van der Waals surface area contributed by atoms with E-state index in [4.69, 9.17) is 0 Å². The van der Waals surface area contributed by atoms with Gasteiger partial charge in [-0.05, 0) is 42.2 Å². The van der Waals surface area contributed by atoms with Gasteiger partial charge in [0.15, 0.2) is 15.8 Å². The van der Waals surface area contributed by atoms with Crippen molar-refractivity contribution in [1.82, 2.24) is 10.6 Å². The molecule has 0 saturated heterocycles. The predicted molar refractivity (Wildman–Crippen MR) is 117 cm³/mol. The summed E-state index contributed by atoms with van der Waals surface area (Å²) >= 11 is 0. The summed E-state index contributed by atoms with van der Waals surface area (Å²) in [5, 5.41) is 6.49. The fourth-order valence-corrected chi connectivity index (χ4v) is 3.63. The van der Waals surface area contributed by atoms with Gasteiger partial charge in [0.25, 0.3) is 0 Å². The fourth-order valence-electron chi connectivity index (χ4n) is 2.78. The largest absolute Gasteiger partial charge is 0.356 e. The number of guanidine groups is 1. The van der Waals surface area contributed by atoms with E-state index in [1.807, 2.05) is 31.2 Å². The third-order valence-corrected chi connectivity index (χ3v) is 5.23. The first-order valence-electron chi connectivity index (χ1n) is 9.79. The normalized spacial score (nSPS) is 12.1. The molecule has 29 heavy (non-hydrogen) atoms. The molecule has 0 atom stereocenters. The van der Waals surface area contributed by atoms with Gasteiger partial charge in [0.1, 0.15) is 5.82 Å². The van der Waals surface area contributed by atoms with Crippen molar-refractivity contribution in [3.05, 3.63) is 70.5 Å². The number of halogens is 1. The number of aliphatic imine (C=N–C) groups is 1. The van der Waals surface area contributed by atoms with Crippen LogP contribution in [0.15, 0.2) is 47.5 Å². The molecule has 0 heterocycles. The molecule has 5 nitrogen and oxygen atoms in total. The Morgan fingerprint density at radius 3 is 2.45 bits per heavy atom. The molecule has 7 heteroatoms. The van der Waals surface area contributed by atoms with Crippen LogP contribution < -0.4 is 10.6 Å². The summed E-state index contributed by atoms with van der Waals surface area (Å²) in [5.41, 5.74) is 3.49. The van der Waals surface area contributed by atoms with Gasteiger partial charge in [-0.15, -0.1) is 0 Å². The lowest BCUT2D eigenvalue weighted by molar-refractivity contribution is 0.599. The summed E-state index contributed by atoms with van der Waals surface area (Å²) in [6.45, 7) is 5.73. The number of hydrogen-bond acceptors (Lipinski definition) is 3. The Morgan fingerprint density at radius 2 is 1.79 bits per heavy atom. The van der Waals surface area contributed by atoms with Crippen LogP contribution in [0.2, 0.25) is 0 Å². The van der Waals surface area contributed by atoms with E-state index in [0.29, 0.717) is 23.6 Å². The zero-order valence-electron chi connectivity index (χ0n) is 17.3. The van der Waals surface area contributed by atoms with Crippen LogP contribution in [0.5, 0.6) is 0 Å². The van der Waals surface area contributed by atoms with Crippen molar-refractivity contribution in [2.24, 2.45) is 4.99 Å². The Bertz CT molecular complexity index is 926. The average Bonchev–Trinajstić information content (AvgIpc) is 2.66. The monoisotopic (exact) mass is 419 g/mol. The number of unbranched alkanes of at least 4 members (excludes halogenated alkanes) is 1. The maximum Gasteiger partial charge on any atom is 0.191 e. The first-order chi connectivity index (χ1) is 13.8. The quantitative estimate of drug-likeness (QED) is 0.369. The van der Waals surface area contributed by atoms with E-state index >= 15 is 0 Å². The predicted octanol–water partition coefficient (Wildman–Crippen LogP) is 3.71. The molecule has 0 aliphatic rings. The molecule has 2 aromatic carbocycles. The molecular weight excluding hydrogens is 389 g/mol. The van der Waals surface area contributed by atoms with Crippen LogP contribution in [-0.4, -0.2) is 27.2 Å². The molecule has 2 aromatic rings. The number of hydrogen-bond donors (Lipinski definition) is 2. The molecule has 0 aliphatic heterocycles. The van der Waals surface area contributed by atoms with Crippen LogP contribution in [0.1, 0.15) is 42.0 Å². The molecule has 2 N–H and O–H groups in total. The summed E-state index contributed by atoms with van der Waals surface area (Å²) in [6.07, 6.45) is 3.24. The molecule has 0 saturated carbocycles. The van der Waals surface area contributed by atoms with E-state index in [0.717, 1.165) is 24.9 Å². The van der Waals surface area contributed by atoms with E-state index in [-0.39, 0.29) is 12.3 Å². The van der Waals surface area contributed by atoms with Gasteiger partial charge in [-0.2, -0.15) is 0 Å². The van der Waals surface area contributed by atoms with Crippen molar-refractivity contribution in [2.45, 2.75) is 45.5 Å². The topological polar surface area (TPSA) is 70.6 Å². The molecule has 0 radical (unpaired) electrons. The maximum absolute atomic E-state index is 13.7. The molecule has 158 valence electrons. The Labute approximate surface area is 173 Å². The van der Waals surface area contributed by atoms with Crippen LogP contribution in [0.4, 0.5) is 4.39 Å². The Kier molecular flexibility index (Phi) is 8.64. The minimum Gasteiger partial charge on any atom is -0.356 e. The van der Waals surface area contributed by atoms with Gasteiger partial charge in [-0.3, -0.25) is 0 Å². The second-order valence-corrected chi connectivity index (χ2v) is 9.41. The Balaban J connectivity index is 2.13. The molecule has 0 unspecified atom stereocenters. The zero-order chi connectivity index (χ0) is 21.3. The summed E-state index contributed by atoms with van der Waals surface area (Å²) in [6, 6.07) is 12.4. The van der Waals surface area contributed by atoms with Crippen molar-refractivity contribution in [3.8, 4) is 0 Å². The minimum absolute atomic E-state index is 0.122. The smallest absolute Gasteiger partial charge is 0.191 e. The average molecular weight is 420 g/mol. The first kappa shape index (κ1) is 22.9. The molecule has 0 spiro atoms. The maximum atomic E-state index is 13.7. The van der Waals surface area contributed by atoms with Crippen LogP contribution in [0, 0.1) is 12.7 Å². The van der Waals surface area contributed by atoms with Gasteiger partial charge in [0, 0.05) is 19.3 Å². The standard InChI is InChI=1S/C22H30FN3O2S/c1-4-5-12-24-22(25-14-18-8-6-17(2)7-9-18)26-15-20-13-21(23)11-10-19(20)16-29(3,27)28/h6-11,13H,4-5,12,14-16H2,1-3H3,(H2,24,25,26). The third kappa shape index (κ3) is 8.64. The molecule has 2 rings (SSSR count). The molecule has 0 fully saturated rings. The summed E-state index contributed by atoms with van der Waals surface area (Å²) in [5.74, 6) is 0.105. The third-order valence-electron chi connectivity index (χ3n) is 4.40. The SMILES string of the molecule is CCCCNC(=NCc1ccc(C)cc1)NCc1cc(F)ccc1CS(C)(=O)=O. The first-order valence-corrected chi connectivity index (χ1v) is 11.9. The summed E-state index contributed by atoms with van der Waals surface area (Å²) in [4.78, 5) is 4.62. The highest BCUT2D eigenvalue weighted by Gasteiger charge is 2.11. The lowest BCUT2D eigenvalue weighted by atomic mass is 10.1. The Morgan fingerprint density at radius 1 is 1.07 bits per heavy atom. The molecule has 0 aliphatic carbocycles. The highest BCUT2D eigenvalue weighted by Crippen LogP contribution is 2.14. The van der Waals surface area contributed by atoms with Gasteiger partial charge in [-0.1, -0.05) is 49.2 Å². The number of rotatable bonds is 9. The van der Waals surface area contributed by atoms with E-state index in [1.165, 1.54) is 30.0 Å². The highest BCUT2D eigenvalue weighted by atomic mass is 32.2. The number of nitrogens with one attached hydrogen (secondary N) is 2. The zero-order valence-corrected chi connectivity index (χ0v) is 18.2. The molecule has 0 bridgehead atoms. The summed E-state index contributed by atoms with van der Waals surface area (Å²) < 4.78 is 37.1. The minimum atomic E-state index is -3.21. The number of aryl methyl sites for hydroxylation is 1. The van der Waals surface area contributed by atoms with E-state index < -0.39 is 15.7 Å². The van der Waals surface area contributed by atoms with Gasteiger partial charge >= 0.3 is 0 Å². The molecular formula is C22H30FN3O2S. The second-order valence-electron chi connectivity index (χ2n) is 7.27.